The zero-order valence-electron chi connectivity index (χ0n) is 16.3. The van der Waals surface area contributed by atoms with Gasteiger partial charge in [-0.3, -0.25) is 4.57 Å². The summed E-state index contributed by atoms with van der Waals surface area (Å²) in [5, 5.41) is 9.51. The van der Waals surface area contributed by atoms with E-state index >= 15 is 0 Å². The number of nitrogens with zero attached hydrogens (tertiary/aromatic N) is 5. The van der Waals surface area contributed by atoms with Crippen LogP contribution < -0.4 is 0 Å². The van der Waals surface area contributed by atoms with Gasteiger partial charge in [0.2, 0.25) is 11.6 Å². The molecule has 5 rings (SSSR count). The number of halogens is 3. The Balaban J connectivity index is 1.63. The first-order chi connectivity index (χ1) is 15.5. The van der Waals surface area contributed by atoms with Crippen LogP contribution in [0.2, 0.25) is 0 Å². The molecule has 0 atom stereocenters. The summed E-state index contributed by atoms with van der Waals surface area (Å²) in [6.07, 6.45) is -3.15. The van der Waals surface area contributed by atoms with Crippen LogP contribution in [0.5, 0.6) is 0 Å². The van der Waals surface area contributed by atoms with Gasteiger partial charge in [0.25, 0.3) is 0 Å². The molecule has 3 aromatic heterocycles. The van der Waals surface area contributed by atoms with E-state index in [4.69, 9.17) is 4.42 Å². The topological polar surface area (TPSA) is 69.6 Å². The summed E-state index contributed by atoms with van der Waals surface area (Å²) in [5.41, 5.74) is 1.18. The maximum absolute atomic E-state index is 13.4. The average molecular weight is 453 g/mol. The smallest absolute Gasteiger partial charge is 0.451 e. The molecule has 0 aliphatic rings. The van der Waals surface area contributed by atoms with Crippen molar-refractivity contribution in [2.45, 2.75) is 22.9 Å². The number of aromatic nitrogens is 5. The Morgan fingerprint density at radius 3 is 2.41 bits per heavy atom. The minimum atomic E-state index is -4.67. The van der Waals surface area contributed by atoms with E-state index in [1.165, 1.54) is 12.3 Å². The minimum absolute atomic E-state index is 0.149. The highest BCUT2D eigenvalue weighted by Crippen LogP contribution is 2.36. The first-order valence-electron chi connectivity index (χ1n) is 9.52. The predicted octanol–water partition coefficient (Wildman–Crippen LogP) is 5.70. The summed E-state index contributed by atoms with van der Waals surface area (Å²) in [6.45, 7) is 0.404. The Kier molecular flexibility index (Phi) is 5.14. The minimum Gasteiger partial charge on any atom is -0.461 e. The standard InChI is InChI=1S/C22H14F3N5OS/c23-22(24,25)20-26-16-10-5-4-9-15(16)19(27-20)32-21-29-28-18(17-11-6-12-31-17)30(21)13-14-7-2-1-3-8-14/h1-12H,13H2. The summed E-state index contributed by atoms with van der Waals surface area (Å²) in [6, 6.07) is 19.7. The van der Waals surface area contributed by atoms with E-state index in [1.54, 1.807) is 34.9 Å². The monoisotopic (exact) mass is 453 g/mol. The maximum Gasteiger partial charge on any atom is 0.451 e. The molecule has 6 nitrogen and oxygen atoms in total. The quantitative estimate of drug-likeness (QED) is 0.318. The molecule has 0 spiro atoms. The Bertz CT molecular complexity index is 1370. The number of fused-ring (bicyclic) bond motifs is 1. The number of alkyl halides is 3. The molecule has 0 N–H and O–H groups in total. The number of hydrogen-bond donors (Lipinski definition) is 0. The fraction of sp³-hybridized carbons (Fsp3) is 0.0909. The van der Waals surface area contributed by atoms with Crippen LogP contribution in [0.25, 0.3) is 22.5 Å². The second-order valence-electron chi connectivity index (χ2n) is 6.82. The molecular weight excluding hydrogens is 439 g/mol. The van der Waals surface area contributed by atoms with Crippen LogP contribution in [-0.2, 0) is 12.7 Å². The molecule has 0 bridgehead atoms. The van der Waals surface area contributed by atoms with Crippen molar-refractivity contribution in [3.8, 4) is 11.6 Å². The average Bonchev–Trinajstić information content (AvgIpc) is 3.44. The first-order valence-corrected chi connectivity index (χ1v) is 10.3. The molecule has 32 heavy (non-hydrogen) atoms. The normalized spacial score (nSPS) is 11.8. The Hall–Kier alpha value is -3.66. The molecule has 5 aromatic rings. The number of furan rings is 1. The van der Waals surface area contributed by atoms with Gasteiger partial charge in [-0.05, 0) is 35.5 Å². The molecule has 0 aliphatic heterocycles. The van der Waals surface area contributed by atoms with Gasteiger partial charge in [0.05, 0.1) is 18.3 Å². The molecule has 2 aromatic carbocycles. The van der Waals surface area contributed by atoms with E-state index in [1.807, 2.05) is 30.3 Å². The lowest BCUT2D eigenvalue weighted by Crippen LogP contribution is -2.12. The number of benzene rings is 2. The number of para-hydroxylation sites is 1. The van der Waals surface area contributed by atoms with E-state index in [0.717, 1.165) is 17.3 Å². The van der Waals surface area contributed by atoms with E-state index in [-0.39, 0.29) is 10.5 Å². The molecular formula is C22H14F3N5OS. The maximum atomic E-state index is 13.4. The van der Waals surface area contributed by atoms with Crippen LogP contribution in [0.15, 0.2) is 87.6 Å². The van der Waals surface area contributed by atoms with E-state index in [2.05, 4.69) is 20.2 Å². The van der Waals surface area contributed by atoms with Crippen molar-refractivity contribution in [3.63, 3.8) is 0 Å². The van der Waals surface area contributed by atoms with Gasteiger partial charge in [0.15, 0.2) is 10.9 Å². The molecule has 160 valence electrons. The Morgan fingerprint density at radius 1 is 0.875 bits per heavy atom. The van der Waals surface area contributed by atoms with Gasteiger partial charge < -0.3 is 4.42 Å². The summed E-state index contributed by atoms with van der Waals surface area (Å²) >= 11 is 1.01. The number of rotatable bonds is 5. The molecule has 0 aliphatic carbocycles. The van der Waals surface area contributed by atoms with Crippen LogP contribution in [0.3, 0.4) is 0 Å². The summed E-state index contributed by atoms with van der Waals surface area (Å²) in [7, 11) is 0. The van der Waals surface area contributed by atoms with Gasteiger partial charge in [0, 0.05) is 5.39 Å². The predicted molar refractivity (Wildman–Crippen MR) is 112 cm³/mol. The lowest BCUT2D eigenvalue weighted by atomic mass is 10.2. The van der Waals surface area contributed by atoms with Crippen molar-refractivity contribution in [2.75, 3.05) is 0 Å². The van der Waals surface area contributed by atoms with Crippen molar-refractivity contribution in [1.29, 1.82) is 0 Å². The van der Waals surface area contributed by atoms with Crippen LogP contribution in [-0.4, -0.2) is 24.7 Å². The first kappa shape index (κ1) is 20.3. The van der Waals surface area contributed by atoms with Gasteiger partial charge in [0.1, 0.15) is 5.03 Å². The van der Waals surface area contributed by atoms with E-state index in [9.17, 15) is 13.2 Å². The van der Waals surface area contributed by atoms with E-state index in [0.29, 0.717) is 28.7 Å². The van der Waals surface area contributed by atoms with Gasteiger partial charge >= 0.3 is 6.18 Å². The zero-order valence-corrected chi connectivity index (χ0v) is 17.1. The third kappa shape index (κ3) is 3.96. The second-order valence-corrected chi connectivity index (χ2v) is 7.78. The fourth-order valence-corrected chi connectivity index (χ4v) is 4.13. The van der Waals surface area contributed by atoms with Crippen molar-refractivity contribution < 1.29 is 17.6 Å². The largest absolute Gasteiger partial charge is 0.461 e. The second kappa shape index (κ2) is 8.12. The fourth-order valence-electron chi connectivity index (χ4n) is 3.20. The Labute approximate surface area is 184 Å². The van der Waals surface area contributed by atoms with Crippen molar-refractivity contribution in [2.24, 2.45) is 0 Å². The Morgan fingerprint density at radius 2 is 1.66 bits per heavy atom. The highest BCUT2D eigenvalue weighted by molar-refractivity contribution is 7.99. The number of hydrogen-bond acceptors (Lipinski definition) is 6. The summed E-state index contributed by atoms with van der Waals surface area (Å²) < 4.78 is 47.5. The molecule has 0 fully saturated rings. The highest BCUT2D eigenvalue weighted by Gasteiger charge is 2.36. The third-order valence-electron chi connectivity index (χ3n) is 4.65. The SMILES string of the molecule is FC(F)(F)c1nc(Sc2nnc(-c3ccco3)n2Cc2ccccc2)c2ccccc2n1. The third-order valence-corrected chi connectivity index (χ3v) is 5.64. The van der Waals surface area contributed by atoms with Gasteiger partial charge in [-0.1, -0.05) is 48.5 Å². The highest BCUT2D eigenvalue weighted by atomic mass is 32.2. The molecule has 0 saturated carbocycles. The van der Waals surface area contributed by atoms with Crippen molar-refractivity contribution >= 4 is 22.7 Å². The molecule has 3 heterocycles. The summed E-state index contributed by atoms with van der Waals surface area (Å²) in [5.74, 6) is -0.223. The molecule has 0 amide bonds. The molecule has 0 unspecified atom stereocenters. The van der Waals surface area contributed by atoms with Gasteiger partial charge in [-0.15, -0.1) is 10.2 Å². The van der Waals surface area contributed by atoms with Crippen LogP contribution >= 0.6 is 11.8 Å². The zero-order chi connectivity index (χ0) is 22.1. The van der Waals surface area contributed by atoms with Crippen LogP contribution in [0.1, 0.15) is 11.4 Å². The summed E-state index contributed by atoms with van der Waals surface area (Å²) in [4.78, 5) is 7.49. The molecule has 10 heteroatoms. The molecule has 0 radical (unpaired) electrons. The van der Waals surface area contributed by atoms with Gasteiger partial charge in [-0.2, -0.15) is 13.2 Å². The molecule has 0 saturated heterocycles. The lowest BCUT2D eigenvalue weighted by molar-refractivity contribution is -0.145. The van der Waals surface area contributed by atoms with Crippen molar-refractivity contribution in [3.05, 3.63) is 84.4 Å². The van der Waals surface area contributed by atoms with Crippen molar-refractivity contribution in [1.82, 2.24) is 24.7 Å². The van der Waals surface area contributed by atoms with E-state index < -0.39 is 12.0 Å². The van der Waals surface area contributed by atoms with Crippen LogP contribution in [0.4, 0.5) is 13.2 Å². The lowest BCUT2D eigenvalue weighted by Gasteiger charge is -2.12. The van der Waals surface area contributed by atoms with Crippen LogP contribution in [0, 0.1) is 0 Å². The van der Waals surface area contributed by atoms with Gasteiger partial charge in [-0.25, -0.2) is 9.97 Å².